The molecule has 0 unspecified atom stereocenters. The molecule has 2 aromatic rings. The zero-order valence-corrected chi connectivity index (χ0v) is 15.2. The summed E-state index contributed by atoms with van der Waals surface area (Å²) in [5, 5.41) is 2.90. The molecule has 0 spiro atoms. The lowest BCUT2D eigenvalue weighted by molar-refractivity contribution is 0.0777. The topological polar surface area (TPSA) is 49.4 Å². The summed E-state index contributed by atoms with van der Waals surface area (Å²) < 4.78 is 0. The van der Waals surface area contributed by atoms with Crippen molar-refractivity contribution in [1.29, 1.82) is 0 Å². The van der Waals surface area contributed by atoms with Crippen LogP contribution in [0.3, 0.4) is 0 Å². The molecule has 132 valence electrons. The highest BCUT2D eigenvalue weighted by atomic mass is 16.2. The summed E-state index contributed by atoms with van der Waals surface area (Å²) in [6.45, 7) is 5.34. The van der Waals surface area contributed by atoms with Gasteiger partial charge in [0.1, 0.15) is 0 Å². The van der Waals surface area contributed by atoms with E-state index >= 15 is 0 Å². The Morgan fingerprint density at radius 3 is 2.20 bits per heavy atom. The molecule has 2 aromatic carbocycles. The lowest BCUT2D eigenvalue weighted by Crippen LogP contribution is -2.31. The van der Waals surface area contributed by atoms with Gasteiger partial charge in [0.15, 0.2) is 0 Å². The van der Waals surface area contributed by atoms with E-state index in [2.05, 4.69) is 19.2 Å². The van der Waals surface area contributed by atoms with Crippen molar-refractivity contribution in [3.05, 3.63) is 71.3 Å². The molecule has 0 atom stereocenters. The number of hydrogen-bond acceptors (Lipinski definition) is 2. The minimum absolute atomic E-state index is 0.154. The van der Waals surface area contributed by atoms with Crippen LogP contribution in [0, 0.1) is 5.92 Å². The van der Waals surface area contributed by atoms with Crippen LogP contribution in [-0.2, 0) is 6.54 Å². The van der Waals surface area contributed by atoms with E-state index in [0.29, 0.717) is 30.1 Å². The van der Waals surface area contributed by atoms with Crippen molar-refractivity contribution in [2.45, 2.75) is 26.8 Å². The average Bonchev–Trinajstić information content (AvgIpc) is 2.61. The highest BCUT2D eigenvalue weighted by Gasteiger charge is 2.19. The molecule has 0 bridgehead atoms. The normalized spacial score (nSPS) is 10.6. The third kappa shape index (κ3) is 5.45. The molecule has 2 amide bonds. The molecule has 0 aromatic heterocycles. The minimum atomic E-state index is -0.197. The Balaban J connectivity index is 2.10. The zero-order valence-electron chi connectivity index (χ0n) is 15.2. The quantitative estimate of drug-likeness (QED) is 0.836. The molecule has 0 radical (unpaired) electrons. The number of carbonyl (C=O) groups is 2. The van der Waals surface area contributed by atoms with Crippen LogP contribution in [0.25, 0.3) is 0 Å². The number of hydrogen-bond donors (Lipinski definition) is 1. The molecular weight excluding hydrogens is 312 g/mol. The van der Waals surface area contributed by atoms with Gasteiger partial charge in [0.05, 0.1) is 11.1 Å². The molecule has 4 nitrogen and oxygen atoms in total. The Kier molecular flexibility index (Phi) is 6.75. The van der Waals surface area contributed by atoms with Gasteiger partial charge in [0, 0.05) is 20.1 Å². The van der Waals surface area contributed by atoms with Gasteiger partial charge >= 0.3 is 0 Å². The Labute approximate surface area is 149 Å². The van der Waals surface area contributed by atoms with Gasteiger partial charge in [-0.2, -0.15) is 0 Å². The molecule has 0 fully saturated rings. The van der Waals surface area contributed by atoms with Gasteiger partial charge < -0.3 is 10.2 Å². The van der Waals surface area contributed by atoms with Crippen molar-refractivity contribution < 1.29 is 9.59 Å². The van der Waals surface area contributed by atoms with Crippen molar-refractivity contribution >= 4 is 11.8 Å². The Morgan fingerprint density at radius 1 is 0.960 bits per heavy atom. The number of nitrogens with zero attached hydrogens (tertiary/aromatic N) is 1. The van der Waals surface area contributed by atoms with E-state index in [-0.39, 0.29) is 11.8 Å². The molecule has 0 heterocycles. The first-order valence-corrected chi connectivity index (χ1v) is 8.65. The van der Waals surface area contributed by atoms with E-state index in [9.17, 15) is 9.59 Å². The number of benzene rings is 2. The second-order valence-electron chi connectivity index (χ2n) is 6.63. The van der Waals surface area contributed by atoms with E-state index in [1.807, 2.05) is 30.3 Å². The molecule has 0 aliphatic carbocycles. The van der Waals surface area contributed by atoms with Crippen molar-refractivity contribution in [2.75, 3.05) is 13.6 Å². The zero-order chi connectivity index (χ0) is 18.2. The van der Waals surface area contributed by atoms with Gasteiger partial charge in [-0.25, -0.2) is 0 Å². The van der Waals surface area contributed by atoms with Gasteiger partial charge in [-0.1, -0.05) is 56.3 Å². The van der Waals surface area contributed by atoms with Gasteiger partial charge in [-0.3, -0.25) is 9.59 Å². The predicted octanol–water partition coefficient (Wildman–Crippen LogP) is 3.73. The maximum Gasteiger partial charge on any atom is 0.254 e. The Hall–Kier alpha value is -2.62. The second kappa shape index (κ2) is 9.02. The monoisotopic (exact) mass is 338 g/mol. The van der Waals surface area contributed by atoms with E-state index in [1.54, 1.807) is 36.2 Å². The molecular formula is C21H26N2O2. The van der Waals surface area contributed by atoms with Crippen LogP contribution >= 0.6 is 0 Å². The summed E-state index contributed by atoms with van der Waals surface area (Å²) in [5.41, 5.74) is 1.91. The predicted molar refractivity (Wildman–Crippen MR) is 100 cm³/mol. The SMILES string of the molecule is CC(C)CCNC(=O)c1ccccc1C(=O)N(C)Cc1ccccc1. The van der Waals surface area contributed by atoms with Crippen LogP contribution in [-0.4, -0.2) is 30.3 Å². The van der Waals surface area contributed by atoms with Crippen molar-refractivity contribution in [1.82, 2.24) is 10.2 Å². The van der Waals surface area contributed by atoms with Gasteiger partial charge in [0.2, 0.25) is 0 Å². The second-order valence-corrected chi connectivity index (χ2v) is 6.63. The molecule has 0 aliphatic heterocycles. The van der Waals surface area contributed by atoms with Crippen molar-refractivity contribution in [2.24, 2.45) is 5.92 Å². The molecule has 25 heavy (non-hydrogen) atoms. The van der Waals surface area contributed by atoms with Gasteiger partial charge in [-0.15, -0.1) is 0 Å². The smallest absolute Gasteiger partial charge is 0.254 e. The molecule has 2 rings (SSSR count). The summed E-state index contributed by atoms with van der Waals surface area (Å²) in [6, 6.07) is 16.8. The minimum Gasteiger partial charge on any atom is -0.352 e. The third-order valence-corrected chi connectivity index (χ3v) is 4.02. The lowest BCUT2D eigenvalue weighted by atomic mass is 10.0. The van der Waals surface area contributed by atoms with Crippen LogP contribution < -0.4 is 5.32 Å². The fourth-order valence-corrected chi connectivity index (χ4v) is 2.57. The molecule has 0 aliphatic rings. The third-order valence-electron chi connectivity index (χ3n) is 4.02. The number of amides is 2. The number of rotatable bonds is 7. The van der Waals surface area contributed by atoms with E-state index in [1.165, 1.54) is 0 Å². The first kappa shape index (κ1) is 18.7. The van der Waals surface area contributed by atoms with Crippen LogP contribution in [0.5, 0.6) is 0 Å². The largest absolute Gasteiger partial charge is 0.352 e. The molecule has 4 heteroatoms. The molecule has 0 saturated heterocycles. The fourth-order valence-electron chi connectivity index (χ4n) is 2.57. The maximum atomic E-state index is 12.8. The Bertz CT molecular complexity index is 711. The van der Waals surface area contributed by atoms with Crippen LogP contribution in [0.15, 0.2) is 54.6 Å². The molecule has 1 N–H and O–H groups in total. The van der Waals surface area contributed by atoms with E-state index in [0.717, 1.165) is 12.0 Å². The van der Waals surface area contributed by atoms with Gasteiger partial charge in [-0.05, 0) is 30.0 Å². The van der Waals surface area contributed by atoms with E-state index < -0.39 is 0 Å². The molecule has 0 saturated carbocycles. The highest BCUT2D eigenvalue weighted by molar-refractivity contribution is 6.07. The van der Waals surface area contributed by atoms with E-state index in [4.69, 9.17) is 0 Å². The maximum absolute atomic E-state index is 12.8. The van der Waals surface area contributed by atoms with Gasteiger partial charge in [0.25, 0.3) is 11.8 Å². The first-order chi connectivity index (χ1) is 12.0. The Morgan fingerprint density at radius 2 is 1.56 bits per heavy atom. The highest BCUT2D eigenvalue weighted by Crippen LogP contribution is 2.13. The fraction of sp³-hybridized carbons (Fsp3) is 0.333. The standard InChI is InChI=1S/C21H26N2O2/c1-16(2)13-14-22-20(24)18-11-7-8-12-19(18)21(25)23(3)15-17-9-5-4-6-10-17/h4-12,16H,13-15H2,1-3H3,(H,22,24). The summed E-state index contributed by atoms with van der Waals surface area (Å²) in [7, 11) is 1.75. The first-order valence-electron chi connectivity index (χ1n) is 8.65. The lowest BCUT2D eigenvalue weighted by Gasteiger charge is -2.19. The van der Waals surface area contributed by atoms with Crippen LogP contribution in [0.2, 0.25) is 0 Å². The van der Waals surface area contributed by atoms with Crippen LogP contribution in [0.4, 0.5) is 0 Å². The summed E-state index contributed by atoms with van der Waals surface area (Å²) in [6.07, 6.45) is 0.912. The summed E-state index contributed by atoms with van der Waals surface area (Å²) in [4.78, 5) is 26.9. The number of nitrogens with one attached hydrogen (secondary N) is 1. The summed E-state index contributed by atoms with van der Waals surface area (Å²) >= 11 is 0. The van der Waals surface area contributed by atoms with Crippen molar-refractivity contribution in [3.8, 4) is 0 Å². The number of carbonyl (C=O) groups excluding carboxylic acids is 2. The van der Waals surface area contributed by atoms with Crippen LogP contribution in [0.1, 0.15) is 46.5 Å². The average molecular weight is 338 g/mol. The summed E-state index contributed by atoms with van der Waals surface area (Å²) in [5.74, 6) is 0.172. The van der Waals surface area contributed by atoms with Crippen molar-refractivity contribution in [3.63, 3.8) is 0 Å².